The molecule has 1 aliphatic heterocycles. The molecule has 2 aromatic carbocycles. The number of aromatic nitrogens is 1. The predicted molar refractivity (Wildman–Crippen MR) is 129 cm³/mol. The van der Waals surface area contributed by atoms with Crippen molar-refractivity contribution in [1.82, 2.24) is 15.0 Å². The Morgan fingerprint density at radius 2 is 1.59 bits per heavy atom. The molecule has 2 heterocycles. The monoisotopic (exact) mass is 543 g/mol. The van der Waals surface area contributed by atoms with Crippen LogP contribution in [0.4, 0.5) is 17.6 Å². The second kappa shape index (κ2) is 11.3. The lowest BCUT2D eigenvalue weighted by molar-refractivity contribution is -0.137. The van der Waals surface area contributed by atoms with Gasteiger partial charge in [-0.1, -0.05) is 12.1 Å². The number of allylic oxidation sites excluding steroid dienone is 1. The largest absolute Gasteiger partial charge is 0.503 e. The average molecular weight is 543 g/mol. The van der Waals surface area contributed by atoms with Crippen LogP contribution >= 0.6 is 0 Å². The van der Waals surface area contributed by atoms with Crippen LogP contribution in [0.2, 0.25) is 0 Å². The lowest BCUT2D eigenvalue weighted by Crippen LogP contribution is -2.43. The van der Waals surface area contributed by atoms with Gasteiger partial charge in [0, 0.05) is 49.4 Å². The summed E-state index contributed by atoms with van der Waals surface area (Å²) in [6.45, 7) is -0.212. The van der Waals surface area contributed by atoms with E-state index in [4.69, 9.17) is 0 Å². The van der Waals surface area contributed by atoms with Gasteiger partial charge in [0.1, 0.15) is 23.3 Å². The number of ketones is 1. The number of aliphatic hydroxyl groups is 1. The first-order valence-corrected chi connectivity index (χ1v) is 11.7. The first-order valence-electron chi connectivity index (χ1n) is 11.7. The molecule has 0 aliphatic carbocycles. The number of halogens is 4. The number of benzene rings is 2. The molecule has 4 rings (SSSR count). The minimum atomic E-state index is -1.16. The zero-order valence-corrected chi connectivity index (χ0v) is 20.2. The van der Waals surface area contributed by atoms with Crippen LogP contribution in [0.25, 0.3) is 0 Å². The molecule has 0 radical (unpaired) electrons. The lowest BCUT2D eigenvalue weighted by Gasteiger charge is -2.16. The van der Waals surface area contributed by atoms with Gasteiger partial charge < -0.3 is 9.67 Å². The number of aliphatic hydroxyl groups excluding tert-OH is 1. The summed E-state index contributed by atoms with van der Waals surface area (Å²) in [7, 11) is 0. The van der Waals surface area contributed by atoms with Crippen LogP contribution in [0.5, 0.6) is 0 Å². The van der Waals surface area contributed by atoms with Crippen LogP contribution in [0.15, 0.2) is 65.3 Å². The van der Waals surface area contributed by atoms with Gasteiger partial charge >= 0.3 is 5.91 Å². The third-order valence-corrected chi connectivity index (χ3v) is 5.98. The van der Waals surface area contributed by atoms with Crippen LogP contribution in [0, 0.1) is 23.3 Å². The maximum Gasteiger partial charge on any atom is 0.304 e. The molecule has 39 heavy (non-hydrogen) atoms. The first-order chi connectivity index (χ1) is 18.5. The molecule has 1 aromatic heterocycles. The number of rotatable bonds is 8. The van der Waals surface area contributed by atoms with Gasteiger partial charge in [-0.15, -0.1) is 0 Å². The summed E-state index contributed by atoms with van der Waals surface area (Å²) in [5.74, 6) is -7.18. The SMILES string of the molecule is O=C(NN1CCCC1=O)/C(O)=C/C(=O)c1cc(Cc2ccc(F)cc2F)cn(Cc2ccc(F)cc2F)c1=O. The van der Waals surface area contributed by atoms with E-state index < -0.39 is 58.4 Å². The van der Waals surface area contributed by atoms with Gasteiger partial charge in [0.05, 0.1) is 12.1 Å². The third-order valence-electron chi connectivity index (χ3n) is 5.98. The number of nitrogens with zero attached hydrogens (tertiary/aromatic N) is 2. The van der Waals surface area contributed by atoms with Crippen molar-refractivity contribution >= 4 is 17.6 Å². The summed E-state index contributed by atoms with van der Waals surface area (Å²) >= 11 is 0. The minimum absolute atomic E-state index is 0.0287. The Morgan fingerprint density at radius 3 is 2.18 bits per heavy atom. The van der Waals surface area contributed by atoms with Gasteiger partial charge in [0.25, 0.3) is 5.56 Å². The highest BCUT2D eigenvalue weighted by atomic mass is 19.1. The summed E-state index contributed by atoms with van der Waals surface area (Å²) in [6.07, 6.45) is 2.22. The van der Waals surface area contributed by atoms with E-state index >= 15 is 0 Å². The van der Waals surface area contributed by atoms with Crippen molar-refractivity contribution in [1.29, 1.82) is 0 Å². The molecule has 1 aliphatic rings. The molecular weight excluding hydrogens is 522 g/mol. The van der Waals surface area contributed by atoms with E-state index in [0.717, 1.165) is 33.8 Å². The Morgan fingerprint density at radius 1 is 0.949 bits per heavy atom. The summed E-state index contributed by atoms with van der Waals surface area (Å²) in [6, 6.07) is 6.69. The normalized spacial score (nSPS) is 13.6. The van der Waals surface area contributed by atoms with Gasteiger partial charge in [0.15, 0.2) is 11.5 Å². The molecule has 3 aromatic rings. The van der Waals surface area contributed by atoms with E-state index in [1.807, 2.05) is 0 Å². The highest BCUT2D eigenvalue weighted by Gasteiger charge is 2.24. The number of nitrogens with one attached hydrogen (secondary N) is 1. The molecule has 2 N–H and O–H groups in total. The van der Waals surface area contributed by atoms with Crippen molar-refractivity contribution in [2.45, 2.75) is 25.8 Å². The average Bonchev–Trinajstić information content (AvgIpc) is 3.28. The number of amides is 2. The van der Waals surface area contributed by atoms with Crippen LogP contribution in [0.3, 0.4) is 0 Å². The molecule has 12 heteroatoms. The van der Waals surface area contributed by atoms with Gasteiger partial charge in [-0.25, -0.2) is 17.6 Å². The molecule has 202 valence electrons. The molecule has 8 nitrogen and oxygen atoms in total. The Bertz CT molecular complexity index is 1570. The summed E-state index contributed by atoms with van der Waals surface area (Å²) in [5, 5.41) is 11.1. The van der Waals surface area contributed by atoms with Gasteiger partial charge in [-0.05, 0) is 35.7 Å². The predicted octanol–water partition coefficient (Wildman–Crippen LogP) is 3.32. The molecule has 1 saturated heterocycles. The number of carbonyl (C=O) groups excluding carboxylic acids is 3. The smallest absolute Gasteiger partial charge is 0.304 e. The highest BCUT2D eigenvalue weighted by molar-refractivity contribution is 6.08. The van der Waals surface area contributed by atoms with E-state index in [-0.39, 0.29) is 42.0 Å². The van der Waals surface area contributed by atoms with Crippen molar-refractivity contribution in [2.75, 3.05) is 6.54 Å². The van der Waals surface area contributed by atoms with Crippen LogP contribution < -0.4 is 11.0 Å². The third kappa shape index (κ3) is 6.40. The molecule has 0 atom stereocenters. The fourth-order valence-electron chi connectivity index (χ4n) is 4.02. The van der Waals surface area contributed by atoms with Gasteiger partial charge in [-0.2, -0.15) is 0 Å². The first kappa shape index (κ1) is 27.3. The van der Waals surface area contributed by atoms with E-state index in [1.165, 1.54) is 12.3 Å². The molecule has 0 saturated carbocycles. The number of hydrazine groups is 1. The van der Waals surface area contributed by atoms with E-state index in [0.29, 0.717) is 24.6 Å². The lowest BCUT2D eigenvalue weighted by atomic mass is 10.0. The van der Waals surface area contributed by atoms with Gasteiger partial charge in [-0.3, -0.25) is 29.6 Å². The maximum absolute atomic E-state index is 14.3. The molecule has 0 spiro atoms. The zero-order chi connectivity index (χ0) is 28.3. The van der Waals surface area contributed by atoms with Gasteiger partial charge in [0.2, 0.25) is 5.91 Å². The topological polar surface area (TPSA) is 109 Å². The van der Waals surface area contributed by atoms with E-state index in [2.05, 4.69) is 5.43 Å². The molecule has 2 amide bonds. The number of carbonyl (C=O) groups is 3. The Kier molecular flexibility index (Phi) is 7.93. The van der Waals surface area contributed by atoms with E-state index in [9.17, 15) is 41.8 Å². The second-order valence-corrected chi connectivity index (χ2v) is 8.83. The summed E-state index contributed by atoms with van der Waals surface area (Å²) in [5.41, 5.74) is 0.797. The van der Waals surface area contributed by atoms with Crippen LogP contribution in [-0.4, -0.2) is 38.8 Å². The zero-order valence-electron chi connectivity index (χ0n) is 20.2. The van der Waals surface area contributed by atoms with E-state index in [1.54, 1.807) is 0 Å². The number of hydrogen-bond donors (Lipinski definition) is 2. The number of pyridine rings is 1. The number of hydrogen-bond acceptors (Lipinski definition) is 5. The summed E-state index contributed by atoms with van der Waals surface area (Å²) in [4.78, 5) is 50.0. The maximum atomic E-state index is 14.3. The van der Waals surface area contributed by atoms with Crippen molar-refractivity contribution in [2.24, 2.45) is 0 Å². The van der Waals surface area contributed by atoms with Crippen LogP contribution in [-0.2, 0) is 22.6 Å². The van der Waals surface area contributed by atoms with Crippen molar-refractivity contribution < 1.29 is 37.1 Å². The highest BCUT2D eigenvalue weighted by Crippen LogP contribution is 2.17. The molecular formula is C27H21F4N3O5. The van der Waals surface area contributed by atoms with Crippen molar-refractivity contribution in [3.63, 3.8) is 0 Å². The molecule has 0 unspecified atom stereocenters. The fraction of sp³-hybridized carbons (Fsp3) is 0.185. The van der Waals surface area contributed by atoms with Crippen molar-refractivity contribution in [3.05, 3.63) is 116 Å². The summed E-state index contributed by atoms with van der Waals surface area (Å²) < 4.78 is 56.2. The fourth-order valence-corrected chi connectivity index (χ4v) is 4.02. The van der Waals surface area contributed by atoms with Crippen molar-refractivity contribution in [3.8, 4) is 0 Å². The second-order valence-electron chi connectivity index (χ2n) is 8.83. The Labute approximate surface area is 218 Å². The molecule has 1 fully saturated rings. The minimum Gasteiger partial charge on any atom is -0.503 e. The standard InChI is InChI=1S/C27H21F4N3O5/c28-18-5-3-16(21(30)10-18)8-15-9-20(23(35)12-24(36)26(38)32-34-7-1-2-25(34)37)27(39)33(13-15)14-17-4-6-19(29)11-22(17)31/h3-6,9-13,36H,1-2,7-8,14H2,(H,32,38)/b24-12-. The van der Waals surface area contributed by atoms with Crippen LogP contribution in [0.1, 0.15) is 39.9 Å². The quantitative estimate of drug-likeness (QED) is 0.196. The Balaban J connectivity index is 1.70. The Hall–Kier alpha value is -4.74. The molecule has 0 bridgehead atoms.